The van der Waals surface area contributed by atoms with Crippen LogP contribution in [0.3, 0.4) is 0 Å². The van der Waals surface area contributed by atoms with Crippen molar-refractivity contribution >= 4 is 44.0 Å². The van der Waals surface area contributed by atoms with Crippen LogP contribution in [0.2, 0.25) is 0 Å². The van der Waals surface area contributed by atoms with Gasteiger partial charge in [-0.05, 0) is 47.1 Å². The molecule has 0 spiro atoms. The van der Waals surface area contributed by atoms with Crippen LogP contribution in [0.15, 0.2) is 17.5 Å². The van der Waals surface area contributed by atoms with E-state index in [1.165, 1.54) is 24.8 Å². The number of hydrogen-bond acceptors (Lipinski definition) is 1. The van der Waals surface area contributed by atoms with E-state index in [4.69, 9.17) is 0 Å². The quantitative estimate of drug-likeness (QED) is 0.686. The van der Waals surface area contributed by atoms with E-state index >= 15 is 0 Å². The van der Waals surface area contributed by atoms with E-state index in [1.807, 2.05) is 11.3 Å². The molecule has 0 aliphatic rings. The lowest BCUT2D eigenvalue weighted by atomic mass is 10.1. The highest BCUT2D eigenvalue weighted by atomic mass is 127. The van der Waals surface area contributed by atoms with Crippen molar-refractivity contribution in [2.45, 2.75) is 20.3 Å². The normalized spacial score (nSPS) is 11.0. The Bertz CT molecular complexity index is 443. The first kappa shape index (κ1) is 9.46. The van der Waals surface area contributed by atoms with Crippen molar-refractivity contribution in [3.63, 3.8) is 0 Å². The van der Waals surface area contributed by atoms with Gasteiger partial charge in [-0.2, -0.15) is 0 Å². The van der Waals surface area contributed by atoms with Crippen molar-refractivity contribution in [3.05, 3.63) is 32.2 Å². The third-order valence-corrected chi connectivity index (χ3v) is 4.68. The van der Waals surface area contributed by atoms with Gasteiger partial charge in [0.15, 0.2) is 0 Å². The van der Waals surface area contributed by atoms with Crippen LogP contribution in [0.25, 0.3) is 10.1 Å². The fraction of sp³-hybridized carbons (Fsp3) is 0.273. The van der Waals surface area contributed by atoms with Gasteiger partial charge in [0.05, 0.1) is 0 Å². The summed E-state index contributed by atoms with van der Waals surface area (Å²) in [4.78, 5) is 0. The van der Waals surface area contributed by atoms with E-state index in [2.05, 4.69) is 54.0 Å². The number of thiophene rings is 1. The Morgan fingerprint density at radius 3 is 2.85 bits per heavy atom. The Hall–Kier alpha value is -0.0900. The molecule has 0 aliphatic heterocycles. The molecule has 0 saturated carbocycles. The molecule has 0 atom stereocenters. The summed E-state index contributed by atoms with van der Waals surface area (Å²) in [5.74, 6) is 0. The molecule has 0 unspecified atom stereocenters. The van der Waals surface area contributed by atoms with Crippen LogP contribution >= 0.6 is 33.9 Å². The first-order valence-corrected chi connectivity index (χ1v) is 6.35. The standard InChI is InChI=1S/C11H11IS/c1-3-8-5-4-7(2)10-9(12)6-13-11(8)10/h4-6H,3H2,1-2H3. The van der Waals surface area contributed by atoms with E-state index in [0.717, 1.165) is 6.42 Å². The highest BCUT2D eigenvalue weighted by Crippen LogP contribution is 2.32. The number of rotatable bonds is 1. The van der Waals surface area contributed by atoms with Gasteiger partial charge in [0.1, 0.15) is 0 Å². The van der Waals surface area contributed by atoms with Gasteiger partial charge < -0.3 is 0 Å². The smallest absolute Gasteiger partial charge is 0.0388 e. The molecule has 68 valence electrons. The van der Waals surface area contributed by atoms with Crippen molar-refractivity contribution < 1.29 is 0 Å². The second-order valence-corrected chi connectivity index (χ2v) is 5.22. The summed E-state index contributed by atoms with van der Waals surface area (Å²) in [6.07, 6.45) is 1.13. The molecule has 2 heteroatoms. The molecule has 1 aromatic carbocycles. The molecule has 1 heterocycles. The Balaban J connectivity index is 2.87. The molecule has 13 heavy (non-hydrogen) atoms. The average Bonchev–Trinajstić information content (AvgIpc) is 2.50. The zero-order chi connectivity index (χ0) is 9.42. The lowest BCUT2D eigenvalue weighted by Gasteiger charge is -2.02. The molecule has 0 N–H and O–H groups in total. The van der Waals surface area contributed by atoms with Crippen LogP contribution in [-0.4, -0.2) is 0 Å². The Morgan fingerprint density at radius 2 is 2.15 bits per heavy atom. The highest BCUT2D eigenvalue weighted by molar-refractivity contribution is 14.1. The monoisotopic (exact) mass is 302 g/mol. The van der Waals surface area contributed by atoms with Gasteiger partial charge in [-0.15, -0.1) is 11.3 Å². The van der Waals surface area contributed by atoms with Crippen molar-refractivity contribution in [2.75, 3.05) is 0 Å². The van der Waals surface area contributed by atoms with Gasteiger partial charge in [-0.3, -0.25) is 0 Å². The minimum absolute atomic E-state index is 1.13. The van der Waals surface area contributed by atoms with Crippen LogP contribution in [0.4, 0.5) is 0 Å². The summed E-state index contributed by atoms with van der Waals surface area (Å²) in [6.45, 7) is 4.41. The minimum atomic E-state index is 1.13. The molecular weight excluding hydrogens is 291 g/mol. The van der Waals surface area contributed by atoms with E-state index in [0.29, 0.717) is 0 Å². The van der Waals surface area contributed by atoms with Gasteiger partial charge in [-0.1, -0.05) is 19.1 Å². The molecule has 0 saturated heterocycles. The molecule has 1 aromatic heterocycles. The second kappa shape index (κ2) is 3.58. The molecule has 0 amide bonds. The summed E-state index contributed by atoms with van der Waals surface area (Å²) < 4.78 is 2.87. The average molecular weight is 302 g/mol. The summed E-state index contributed by atoms with van der Waals surface area (Å²) in [5, 5.41) is 3.71. The molecule has 2 aromatic rings. The van der Waals surface area contributed by atoms with Crippen molar-refractivity contribution in [1.29, 1.82) is 0 Å². The SMILES string of the molecule is CCc1ccc(C)c2c(I)csc12. The van der Waals surface area contributed by atoms with Crippen LogP contribution in [0.1, 0.15) is 18.1 Å². The van der Waals surface area contributed by atoms with Gasteiger partial charge in [0.25, 0.3) is 0 Å². The molecule has 2 rings (SSSR count). The third-order valence-electron chi connectivity index (χ3n) is 2.35. The van der Waals surface area contributed by atoms with E-state index < -0.39 is 0 Å². The highest BCUT2D eigenvalue weighted by Gasteiger charge is 2.07. The number of halogens is 1. The maximum atomic E-state index is 2.42. The van der Waals surface area contributed by atoms with Gasteiger partial charge >= 0.3 is 0 Å². The Kier molecular flexibility index (Phi) is 2.60. The maximum Gasteiger partial charge on any atom is 0.0388 e. The predicted octanol–water partition coefficient (Wildman–Crippen LogP) is 4.38. The summed E-state index contributed by atoms with van der Waals surface area (Å²) in [7, 11) is 0. The fourth-order valence-electron chi connectivity index (χ4n) is 1.60. The maximum absolute atomic E-state index is 2.42. The van der Waals surface area contributed by atoms with Gasteiger partial charge in [0, 0.05) is 19.0 Å². The predicted molar refractivity (Wildman–Crippen MR) is 68.7 cm³/mol. The van der Waals surface area contributed by atoms with Crippen LogP contribution in [-0.2, 0) is 6.42 Å². The topological polar surface area (TPSA) is 0 Å². The van der Waals surface area contributed by atoms with Crippen molar-refractivity contribution in [1.82, 2.24) is 0 Å². The summed E-state index contributed by atoms with van der Waals surface area (Å²) in [6, 6.07) is 4.49. The van der Waals surface area contributed by atoms with E-state index in [1.54, 1.807) is 0 Å². The Morgan fingerprint density at radius 1 is 1.38 bits per heavy atom. The molecule has 0 nitrogen and oxygen atoms in total. The molecular formula is C11H11IS. The lowest BCUT2D eigenvalue weighted by molar-refractivity contribution is 1.16. The summed E-state index contributed by atoms with van der Waals surface area (Å²) >= 11 is 4.29. The lowest BCUT2D eigenvalue weighted by Crippen LogP contribution is -1.83. The van der Waals surface area contributed by atoms with Crippen LogP contribution in [0.5, 0.6) is 0 Å². The first-order chi connectivity index (χ1) is 6.24. The third kappa shape index (κ3) is 1.50. The molecule has 0 radical (unpaired) electrons. The second-order valence-electron chi connectivity index (χ2n) is 3.18. The number of fused-ring (bicyclic) bond motifs is 1. The minimum Gasteiger partial charge on any atom is -0.142 e. The molecule has 0 bridgehead atoms. The first-order valence-electron chi connectivity index (χ1n) is 4.39. The van der Waals surface area contributed by atoms with Gasteiger partial charge in [0.2, 0.25) is 0 Å². The van der Waals surface area contributed by atoms with Crippen LogP contribution in [0, 0.1) is 10.5 Å². The van der Waals surface area contributed by atoms with Crippen LogP contribution < -0.4 is 0 Å². The zero-order valence-electron chi connectivity index (χ0n) is 7.73. The van der Waals surface area contributed by atoms with Crippen molar-refractivity contribution in [2.24, 2.45) is 0 Å². The Labute approximate surface area is 96.1 Å². The number of hydrogen-bond donors (Lipinski definition) is 0. The summed E-state index contributed by atoms with van der Waals surface area (Å²) in [5.41, 5.74) is 2.88. The zero-order valence-corrected chi connectivity index (χ0v) is 10.7. The van der Waals surface area contributed by atoms with Crippen molar-refractivity contribution in [3.8, 4) is 0 Å². The molecule has 0 fully saturated rings. The van der Waals surface area contributed by atoms with E-state index in [-0.39, 0.29) is 0 Å². The number of aryl methyl sites for hydroxylation is 2. The largest absolute Gasteiger partial charge is 0.142 e. The molecule has 0 aliphatic carbocycles. The van der Waals surface area contributed by atoms with E-state index in [9.17, 15) is 0 Å². The fourth-order valence-corrected chi connectivity index (χ4v) is 3.95. The number of benzene rings is 1. The van der Waals surface area contributed by atoms with Gasteiger partial charge in [-0.25, -0.2) is 0 Å².